The molecule has 0 radical (unpaired) electrons. The third-order valence-electron chi connectivity index (χ3n) is 4.90. The third kappa shape index (κ3) is 5.01. The van der Waals surface area contributed by atoms with Crippen LogP contribution in [0.25, 0.3) is 0 Å². The lowest BCUT2D eigenvalue weighted by molar-refractivity contribution is -0.00626. The van der Waals surface area contributed by atoms with Crippen molar-refractivity contribution in [3.8, 4) is 0 Å². The average Bonchev–Trinajstić information content (AvgIpc) is 3.27. The van der Waals surface area contributed by atoms with Gasteiger partial charge in [-0.2, -0.15) is 0 Å². The Balaban J connectivity index is 1.92. The fraction of sp³-hybridized carbons (Fsp3) is 1.00. The minimum Gasteiger partial charge on any atom is -0.381 e. The smallest absolute Gasteiger partial charge is 0.0472 e. The average molecular weight is 282 g/mol. The molecule has 1 aliphatic heterocycles. The standard InChI is InChI=1S/C17H34N2O/c1-4-18-13-17(8-11-20-12-9-17)14-19(16-5-6-16)10-7-15(2)3/h15-16,18H,4-14H2,1-3H3. The minimum atomic E-state index is 0.452. The minimum absolute atomic E-state index is 0.452. The van der Waals surface area contributed by atoms with Crippen molar-refractivity contribution in [2.24, 2.45) is 11.3 Å². The SMILES string of the molecule is CCNCC1(CN(CCC(C)C)C2CC2)CCOCC1. The summed E-state index contributed by atoms with van der Waals surface area (Å²) in [5.41, 5.74) is 0.452. The van der Waals surface area contributed by atoms with Crippen molar-refractivity contribution in [1.82, 2.24) is 10.2 Å². The molecule has 118 valence electrons. The van der Waals surface area contributed by atoms with Gasteiger partial charge in [-0.1, -0.05) is 20.8 Å². The number of ether oxygens (including phenoxy) is 1. The van der Waals surface area contributed by atoms with Crippen LogP contribution in [0, 0.1) is 11.3 Å². The van der Waals surface area contributed by atoms with Crippen molar-refractivity contribution < 1.29 is 4.74 Å². The monoisotopic (exact) mass is 282 g/mol. The Hall–Kier alpha value is -0.120. The van der Waals surface area contributed by atoms with Gasteiger partial charge in [0, 0.05) is 32.3 Å². The van der Waals surface area contributed by atoms with Gasteiger partial charge in [-0.05, 0) is 56.5 Å². The van der Waals surface area contributed by atoms with Crippen molar-refractivity contribution in [1.29, 1.82) is 0 Å². The highest BCUT2D eigenvalue weighted by atomic mass is 16.5. The van der Waals surface area contributed by atoms with Gasteiger partial charge in [-0.25, -0.2) is 0 Å². The Labute approximate surface area is 125 Å². The molecule has 20 heavy (non-hydrogen) atoms. The second kappa shape index (κ2) is 7.77. The van der Waals surface area contributed by atoms with Gasteiger partial charge in [0.15, 0.2) is 0 Å². The van der Waals surface area contributed by atoms with Gasteiger partial charge in [0.05, 0.1) is 0 Å². The molecule has 1 aliphatic carbocycles. The van der Waals surface area contributed by atoms with Crippen LogP contribution in [0.3, 0.4) is 0 Å². The lowest BCUT2D eigenvalue weighted by atomic mass is 9.79. The zero-order valence-corrected chi connectivity index (χ0v) is 13.8. The molecule has 0 aromatic heterocycles. The maximum atomic E-state index is 5.61. The van der Waals surface area contributed by atoms with E-state index in [9.17, 15) is 0 Å². The highest BCUT2D eigenvalue weighted by Crippen LogP contribution is 2.36. The van der Waals surface area contributed by atoms with E-state index in [1.165, 1.54) is 45.2 Å². The molecule has 1 N–H and O–H groups in total. The fourth-order valence-electron chi connectivity index (χ4n) is 3.27. The van der Waals surface area contributed by atoms with Gasteiger partial charge < -0.3 is 10.1 Å². The van der Waals surface area contributed by atoms with E-state index in [1.807, 2.05) is 0 Å². The summed E-state index contributed by atoms with van der Waals surface area (Å²) in [5.74, 6) is 0.815. The van der Waals surface area contributed by atoms with Crippen LogP contribution in [0.1, 0.15) is 52.9 Å². The van der Waals surface area contributed by atoms with E-state index in [2.05, 4.69) is 31.0 Å². The highest BCUT2D eigenvalue weighted by Gasteiger charge is 2.38. The normalized spacial score (nSPS) is 22.6. The zero-order chi connectivity index (χ0) is 14.4. The Bertz CT molecular complexity index is 270. The molecule has 0 amide bonds. The molecule has 0 aromatic carbocycles. The molecule has 0 bridgehead atoms. The molecule has 0 spiro atoms. The molecule has 1 saturated heterocycles. The Morgan fingerprint density at radius 2 is 1.95 bits per heavy atom. The second-order valence-corrected chi connectivity index (χ2v) is 7.28. The van der Waals surface area contributed by atoms with Gasteiger partial charge in [0.1, 0.15) is 0 Å². The summed E-state index contributed by atoms with van der Waals surface area (Å²) >= 11 is 0. The molecule has 0 aromatic rings. The van der Waals surface area contributed by atoms with Crippen LogP contribution in [0.2, 0.25) is 0 Å². The van der Waals surface area contributed by atoms with Crippen molar-refractivity contribution in [2.45, 2.75) is 58.9 Å². The topological polar surface area (TPSA) is 24.5 Å². The maximum Gasteiger partial charge on any atom is 0.0472 e. The van der Waals surface area contributed by atoms with Gasteiger partial charge in [-0.3, -0.25) is 4.90 Å². The van der Waals surface area contributed by atoms with Crippen LogP contribution in [-0.2, 0) is 4.74 Å². The third-order valence-corrected chi connectivity index (χ3v) is 4.90. The molecular weight excluding hydrogens is 248 g/mol. The van der Waals surface area contributed by atoms with E-state index in [0.29, 0.717) is 5.41 Å². The predicted molar refractivity (Wildman–Crippen MR) is 85.1 cm³/mol. The van der Waals surface area contributed by atoms with Crippen molar-refractivity contribution >= 4 is 0 Å². The molecule has 3 heteroatoms. The van der Waals surface area contributed by atoms with Crippen molar-refractivity contribution in [3.63, 3.8) is 0 Å². The summed E-state index contributed by atoms with van der Waals surface area (Å²) in [6.07, 6.45) is 6.64. The first-order valence-electron chi connectivity index (χ1n) is 8.68. The summed E-state index contributed by atoms with van der Waals surface area (Å²) in [6, 6.07) is 0.884. The lowest BCUT2D eigenvalue weighted by Gasteiger charge is -2.41. The number of nitrogens with one attached hydrogen (secondary N) is 1. The number of rotatable bonds is 9. The summed E-state index contributed by atoms with van der Waals surface area (Å²) in [7, 11) is 0. The first-order valence-corrected chi connectivity index (χ1v) is 8.68. The summed E-state index contributed by atoms with van der Waals surface area (Å²) in [6.45, 7) is 13.6. The predicted octanol–water partition coefficient (Wildman–Crippen LogP) is 2.90. The van der Waals surface area contributed by atoms with E-state index in [1.54, 1.807) is 0 Å². The zero-order valence-electron chi connectivity index (χ0n) is 13.8. The molecule has 1 heterocycles. The summed E-state index contributed by atoms with van der Waals surface area (Å²) in [4.78, 5) is 2.79. The van der Waals surface area contributed by atoms with Crippen LogP contribution in [0.4, 0.5) is 0 Å². The summed E-state index contributed by atoms with van der Waals surface area (Å²) < 4.78 is 5.61. The molecular formula is C17H34N2O. The molecule has 2 rings (SSSR count). The van der Waals surface area contributed by atoms with Crippen LogP contribution < -0.4 is 5.32 Å². The molecule has 0 unspecified atom stereocenters. The number of nitrogens with zero attached hydrogens (tertiary/aromatic N) is 1. The van der Waals surface area contributed by atoms with Gasteiger partial charge in [0.25, 0.3) is 0 Å². The molecule has 2 fully saturated rings. The van der Waals surface area contributed by atoms with Crippen LogP contribution in [0.5, 0.6) is 0 Å². The maximum absolute atomic E-state index is 5.61. The van der Waals surface area contributed by atoms with Crippen molar-refractivity contribution in [3.05, 3.63) is 0 Å². The Kier molecular flexibility index (Phi) is 6.31. The second-order valence-electron chi connectivity index (χ2n) is 7.28. The van der Waals surface area contributed by atoms with Gasteiger partial charge >= 0.3 is 0 Å². The van der Waals surface area contributed by atoms with E-state index in [4.69, 9.17) is 4.74 Å². The first kappa shape index (κ1) is 16.3. The number of hydrogen-bond donors (Lipinski definition) is 1. The van der Waals surface area contributed by atoms with E-state index in [-0.39, 0.29) is 0 Å². The Morgan fingerprint density at radius 1 is 1.25 bits per heavy atom. The lowest BCUT2D eigenvalue weighted by Crippen LogP contribution is -2.48. The quantitative estimate of drug-likeness (QED) is 0.704. The molecule has 1 saturated carbocycles. The van der Waals surface area contributed by atoms with E-state index < -0.39 is 0 Å². The fourth-order valence-corrected chi connectivity index (χ4v) is 3.27. The van der Waals surface area contributed by atoms with Crippen LogP contribution in [0.15, 0.2) is 0 Å². The Morgan fingerprint density at radius 3 is 2.50 bits per heavy atom. The summed E-state index contributed by atoms with van der Waals surface area (Å²) in [5, 5.41) is 3.61. The molecule has 2 aliphatic rings. The van der Waals surface area contributed by atoms with Crippen molar-refractivity contribution in [2.75, 3.05) is 39.4 Å². The molecule has 0 atom stereocenters. The van der Waals surface area contributed by atoms with Crippen LogP contribution in [-0.4, -0.2) is 50.3 Å². The van der Waals surface area contributed by atoms with E-state index in [0.717, 1.165) is 38.3 Å². The van der Waals surface area contributed by atoms with Crippen LogP contribution >= 0.6 is 0 Å². The largest absolute Gasteiger partial charge is 0.381 e. The highest BCUT2D eigenvalue weighted by molar-refractivity contribution is 4.92. The van der Waals surface area contributed by atoms with Gasteiger partial charge in [-0.15, -0.1) is 0 Å². The number of hydrogen-bond acceptors (Lipinski definition) is 3. The van der Waals surface area contributed by atoms with Gasteiger partial charge in [0.2, 0.25) is 0 Å². The molecule has 3 nitrogen and oxygen atoms in total. The van der Waals surface area contributed by atoms with E-state index >= 15 is 0 Å². The first-order chi connectivity index (χ1) is 9.65.